The van der Waals surface area contributed by atoms with Crippen LogP contribution < -0.4 is 0 Å². The molecule has 0 aromatic heterocycles. The second-order valence-corrected chi connectivity index (χ2v) is 6.30. The van der Waals surface area contributed by atoms with E-state index in [4.69, 9.17) is 0 Å². The number of rotatable bonds is 2. The van der Waals surface area contributed by atoms with E-state index in [1.165, 1.54) is 57.8 Å². The van der Waals surface area contributed by atoms with E-state index in [0.29, 0.717) is 5.41 Å². The van der Waals surface area contributed by atoms with Crippen molar-refractivity contribution in [3.05, 3.63) is 6.42 Å². The average molecular weight is 207 g/mol. The summed E-state index contributed by atoms with van der Waals surface area (Å²) in [4.78, 5) is 0. The molecule has 0 saturated heterocycles. The summed E-state index contributed by atoms with van der Waals surface area (Å²) in [6.45, 7) is 5.11. The van der Waals surface area contributed by atoms with Crippen LogP contribution in [0.2, 0.25) is 0 Å². The molecule has 2 rings (SSSR count). The Morgan fingerprint density at radius 1 is 0.800 bits per heavy atom. The Morgan fingerprint density at radius 2 is 1.33 bits per heavy atom. The van der Waals surface area contributed by atoms with E-state index in [2.05, 4.69) is 20.3 Å². The molecule has 0 aliphatic heterocycles. The highest BCUT2D eigenvalue weighted by atomic mass is 14.4. The van der Waals surface area contributed by atoms with Crippen LogP contribution in [0.3, 0.4) is 0 Å². The van der Waals surface area contributed by atoms with Gasteiger partial charge in [0, 0.05) is 0 Å². The van der Waals surface area contributed by atoms with Gasteiger partial charge in [-0.05, 0) is 62.2 Å². The molecule has 0 heterocycles. The fourth-order valence-corrected chi connectivity index (χ4v) is 3.85. The van der Waals surface area contributed by atoms with Crippen LogP contribution in [0, 0.1) is 23.7 Å². The lowest BCUT2D eigenvalue weighted by molar-refractivity contribution is 0.0649. The van der Waals surface area contributed by atoms with Gasteiger partial charge in [0.2, 0.25) is 0 Å². The molecule has 0 aromatic carbocycles. The van der Waals surface area contributed by atoms with E-state index in [9.17, 15) is 0 Å². The highest BCUT2D eigenvalue weighted by Gasteiger charge is 2.37. The van der Waals surface area contributed by atoms with Crippen molar-refractivity contribution in [2.75, 3.05) is 0 Å². The Balaban J connectivity index is 1.96. The summed E-state index contributed by atoms with van der Waals surface area (Å²) in [6.07, 6.45) is 15.7. The van der Waals surface area contributed by atoms with Crippen LogP contribution in [0.25, 0.3) is 0 Å². The van der Waals surface area contributed by atoms with Crippen LogP contribution in [0.15, 0.2) is 0 Å². The van der Waals surface area contributed by atoms with Gasteiger partial charge >= 0.3 is 0 Å². The van der Waals surface area contributed by atoms with E-state index in [1.807, 2.05) is 0 Å². The maximum absolute atomic E-state index is 2.55. The summed E-state index contributed by atoms with van der Waals surface area (Å²) in [5.41, 5.74) is 0.620. The summed E-state index contributed by atoms with van der Waals surface area (Å²) in [5.74, 6) is 2.03. The van der Waals surface area contributed by atoms with Crippen molar-refractivity contribution < 1.29 is 0 Å². The Labute approximate surface area is 95.8 Å². The van der Waals surface area contributed by atoms with E-state index < -0.39 is 0 Å². The highest BCUT2D eigenvalue weighted by Crippen LogP contribution is 2.47. The lowest BCUT2D eigenvalue weighted by Gasteiger charge is -2.44. The number of hydrogen-bond acceptors (Lipinski definition) is 0. The van der Waals surface area contributed by atoms with Crippen molar-refractivity contribution in [2.45, 2.75) is 71.6 Å². The van der Waals surface area contributed by atoms with Crippen LogP contribution in [0.1, 0.15) is 71.6 Å². The van der Waals surface area contributed by atoms with Gasteiger partial charge in [0.1, 0.15) is 0 Å². The Morgan fingerprint density at radius 3 is 1.93 bits per heavy atom. The minimum absolute atomic E-state index is 0.620. The summed E-state index contributed by atoms with van der Waals surface area (Å²) in [5, 5.41) is 0. The van der Waals surface area contributed by atoms with Gasteiger partial charge in [-0.15, -0.1) is 0 Å². The van der Waals surface area contributed by atoms with Gasteiger partial charge in [0.15, 0.2) is 0 Å². The van der Waals surface area contributed by atoms with Crippen LogP contribution in [-0.4, -0.2) is 0 Å². The van der Waals surface area contributed by atoms with Gasteiger partial charge in [-0.25, -0.2) is 0 Å². The molecule has 15 heavy (non-hydrogen) atoms. The first-order chi connectivity index (χ1) is 7.21. The quantitative estimate of drug-likeness (QED) is 0.598. The van der Waals surface area contributed by atoms with Gasteiger partial charge in [0.05, 0.1) is 0 Å². The largest absolute Gasteiger partial charge is 0.0594 e. The van der Waals surface area contributed by atoms with Crippen molar-refractivity contribution in [3.8, 4) is 0 Å². The summed E-state index contributed by atoms with van der Waals surface area (Å²) in [7, 11) is 0. The van der Waals surface area contributed by atoms with E-state index in [-0.39, 0.29) is 0 Å². The molecular formula is C15H27. The zero-order valence-electron chi connectivity index (χ0n) is 10.6. The minimum Gasteiger partial charge on any atom is -0.0594 e. The molecule has 2 saturated carbocycles. The topological polar surface area (TPSA) is 0 Å². The molecule has 2 fully saturated rings. The molecule has 1 radical (unpaired) electrons. The second kappa shape index (κ2) is 4.89. The van der Waals surface area contributed by atoms with Crippen LogP contribution in [-0.2, 0) is 0 Å². The molecule has 0 N–H and O–H groups in total. The summed E-state index contributed by atoms with van der Waals surface area (Å²) < 4.78 is 0. The third-order valence-electron chi connectivity index (χ3n) is 5.15. The van der Waals surface area contributed by atoms with Crippen molar-refractivity contribution in [1.82, 2.24) is 0 Å². The zero-order valence-corrected chi connectivity index (χ0v) is 10.6. The first-order valence-electron chi connectivity index (χ1n) is 7.03. The monoisotopic (exact) mass is 207 g/mol. The maximum Gasteiger partial charge on any atom is -0.0298 e. The summed E-state index contributed by atoms with van der Waals surface area (Å²) in [6, 6.07) is 0. The maximum atomic E-state index is 2.55. The normalized spacial score (nSPS) is 26.8. The fraction of sp³-hybridized carbons (Fsp3) is 0.933. The molecule has 2 aliphatic rings. The fourth-order valence-electron chi connectivity index (χ4n) is 3.85. The molecule has 0 nitrogen and oxygen atoms in total. The summed E-state index contributed by atoms with van der Waals surface area (Å²) >= 11 is 0. The van der Waals surface area contributed by atoms with Crippen LogP contribution >= 0.6 is 0 Å². The molecule has 0 amide bonds. The van der Waals surface area contributed by atoms with E-state index >= 15 is 0 Å². The van der Waals surface area contributed by atoms with E-state index in [0.717, 1.165) is 11.8 Å². The van der Waals surface area contributed by atoms with Crippen molar-refractivity contribution in [2.24, 2.45) is 17.3 Å². The first-order valence-corrected chi connectivity index (χ1v) is 7.03. The van der Waals surface area contributed by atoms with E-state index in [1.54, 1.807) is 0 Å². The van der Waals surface area contributed by atoms with Gasteiger partial charge < -0.3 is 0 Å². The Hall–Kier alpha value is 0. The van der Waals surface area contributed by atoms with Gasteiger partial charge in [-0.3, -0.25) is 0 Å². The highest BCUT2D eigenvalue weighted by molar-refractivity contribution is 4.90. The van der Waals surface area contributed by atoms with Gasteiger partial charge in [-0.2, -0.15) is 0 Å². The van der Waals surface area contributed by atoms with Gasteiger partial charge in [0.25, 0.3) is 0 Å². The minimum atomic E-state index is 0.620. The number of hydrogen-bond donors (Lipinski definition) is 0. The predicted molar refractivity (Wildman–Crippen MR) is 66.6 cm³/mol. The lowest BCUT2D eigenvalue weighted by Crippen LogP contribution is -2.35. The Bertz CT molecular complexity index is 160. The SMILES string of the molecule is CC(C)(C1CC[CH]CC1)C1CCCCC1. The molecule has 0 bridgehead atoms. The molecule has 2 aliphatic carbocycles. The Kier molecular flexibility index (Phi) is 3.74. The molecule has 87 valence electrons. The third-order valence-corrected chi connectivity index (χ3v) is 5.15. The molecule has 0 atom stereocenters. The zero-order chi connectivity index (χ0) is 10.7. The predicted octanol–water partition coefficient (Wildman–Crippen LogP) is 4.99. The van der Waals surface area contributed by atoms with Crippen molar-refractivity contribution in [1.29, 1.82) is 0 Å². The molecule has 0 unspecified atom stereocenters. The second-order valence-electron chi connectivity index (χ2n) is 6.30. The molecule has 0 spiro atoms. The van der Waals surface area contributed by atoms with Crippen LogP contribution in [0.5, 0.6) is 0 Å². The molecule has 0 aromatic rings. The standard InChI is InChI=1S/C15H27/c1-15(2,13-9-5-3-6-10-13)14-11-7-4-8-12-14/h3,13-14H,4-12H2,1-2H3. The molecular weight excluding hydrogens is 180 g/mol. The first kappa shape index (κ1) is 11.5. The van der Waals surface area contributed by atoms with Crippen molar-refractivity contribution >= 4 is 0 Å². The smallest absolute Gasteiger partial charge is 0.0298 e. The molecule has 0 heteroatoms. The van der Waals surface area contributed by atoms with Gasteiger partial charge in [-0.1, -0.05) is 33.1 Å². The van der Waals surface area contributed by atoms with Crippen molar-refractivity contribution in [3.63, 3.8) is 0 Å². The average Bonchev–Trinajstić information content (AvgIpc) is 2.31. The van der Waals surface area contributed by atoms with Crippen LogP contribution in [0.4, 0.5) is 0 Å². The lowest BCUT2D eigenvalue weighted by atomic mass is 9.61. The third kappa shape index (κ3) is 2.57.